The summed E-state index contributed by atoms with van der Waals surface area (Å²) in [6, 6.07) is 3.62. The standard InChI is InChI=1S/C12H15F2NO/c13-10-3-2-9(11(14)6-10)7-12(8-15)4-1-5-16-12/h2-3,6H,1,4-5,7-8,15H2. The number of benzene rings is 1. The van der Waals surface area contributed by atoms with Crippen molar-refractivity contribution in [3.8, 4) is 0 Å². The van der Waals surface area contributed by atoms with Gasteiger partial charge in [0.1, 0.15) is 11.6 Å². The topological polar surface area (TPSA) is 35.2 Å². The van der Waals surface area contributed by atoms with Crippen LogP contribution >= 0.6 is 0 Å². The predicted octanol–water partition coefficient (Wildman–Crippen LogP) is 2.02. The van der Waals surface area contributed by atoms with Crippen LogP contribution in [0, 0.1) is 11.6 Å². The lowest BCUT2D eigenvalue weighted by Crippen LogP contribution is -2.39. The molecule has 0 saturated carbocycles. The third-order valence-corrected chi connectivity index (χ3v) is 3.08. The lowest BCUT2D eigenvalue weighted by Gasteiger charge is -2.26. The van der Waals surface area contributed by atoms with Crippen LogP contribution in [0.5, 0.6) is 0 Å². The van der Waals surface area contributed by atoms with Gasteiger partial charge in [-0.1, -0.05) is 6.07 Å². The van der Waals surface area contributed by atoms with Crippen molar-refractivity contribution in [1.29, 1.82) is 0 Å². The van der Waals surface area contributed by atoms with Crippen molar-refractivity contribution in [2.75, 3.05) is 13.2 Å². The highest BCUT2D eigenvalue weighted by Crippen LogP contribution is 2.29. The molecule has 1 aromatic rings. The molecule has 1 aliphatic rings. The Balaban J connectivity index is 2.19. The Kier molecular flexibility index (Phi) is 3.21. The van der Waals surface area contributed by atoms with E-state index in [1.165, 1.54) is 12.1 Å². The molecule has 1 atom stereocenters. The predicted molar refractivity (Wildman–Crippen MR) is 57.0 cm³/mol. The molecule has 0 aliphatic carbocycles. The molecule has 0 aromatic heterocycles. The largest absolute Gasteiger partial charge is 0.373 e. The molecule has 1 aliphatic heterocycles. The quantitative estimate of drug-likeness (QED) is 0.857. The van der Waals surface area contributed by atoms with Gasteiger partial charge in [0, 0.05) is 25.6 Å². The molecule has 2 nitrogen and oxygen atoms in total. The van der Waals surface area contributed by atoms with Crippen molar-refractivity contribution in [3.63, 3.8) is 0 Å². The molecule has 1 heterocycles. The zero-order chi connectivity index (χ0) is 11.6. The molecule has 0 bridgehead atoms. The van der Waals surface area contributed by atoms with E-state index in [2.05, 4.69) is 0 Å². The van der Waals surface area contributed by atoms with Crippen LogP contribution in [0.2, 0.25) is 0 Å². The minimum Gasteiger partial charge on any atom is -0.373 e. The molecule has 1 saturated heterocycles. The van der Waals surface area contributed by atoms with E-state index in [4.69, 9.17) is 10.5 Å². The second-order valence-corrected chi connectivity index (χ2v) is 4.25. The van der Waals surface area contributed by atoms with Gasteiger partial charge in [-0.2, -0.15) is 0 Å². The van der Waals surface area contributed by atoms with Gasteiger partial charge in [0.15, 0.2) is 0 Å². The maximum atomic E-state index is 13.5. The fraction of sp³-hybridized carbons (Fsp3) is 0.500. The first-order valence-electron chi connectivity index (χ1n) is 5.43. The molecule has 4 heteroatoms. The number of ether oxygens (including phenoxy) is 1. The van der Waals surface area contributed by atoms with Gasteiger partial charge in [0.05, 0.1) is 5.60 Å². The molecule has 16 heavy (non-hydrogen) atoms. The Bertz CT molecular complexity index is 375. The highest BCUT2D eigenvalue weighted by molar-refractivity contribution is 5.21. The van der Waals surface area contributed by atoms with Crippen LogP contribution in [0.4, 0.5) is 8.78 Å². The zero-order valence-corrected chi connectivity index (χ0v) is 9.01. The summed E-state index contributed by atoms with van der Waals surface area (Å²) in [5.41, 5.74) is 5.68. The van der Waals surface area contributed by atoms with Crippen LogP contribution in [-0.4, -0.2) is 18.8 Å². The molecule has 2 rings (SSSR count). The molecule has 0 radical (unpaired) electrons. The van der Waals surface area contributed by atoms with Crippen molar-refractivity contribution < 1.29 is 13.5 Å². The zero-order valence-electron chi connectivity index (χ0n) is 9.01. The minimum atomic E-state index is -0.560. The van der Waals surface area contributed by atoms with Crippen LogP contribution in [0.25, 0.3) is 0 Å². The number of hydrogen-bond acceptors (Lipinski definition) is 2. The lowest BCUT2D eigenvalue weighted by atomic mass is 9.91. The van der Waals surface area contributed by atoms with E-state index in [1.54, 1.807) is 0 Å². The Morgan fingerprint density at radius 3 is 2.75 bits per heavy atom. The molecular formula is C12H15F2NO. The summed E-state index contributed by atoms with van der Waals surface area (Å²) in [7, 11) is 0. The first kappa shape index (κ1) is 11.5. The summed E-state index contributed by atoms with van der Waals surface area (Å²) in [5.74, 6) is -1.08. The Morgan fingerprint density at radius 2 is 2.19 bits per heavy atom. The number of nitrogens with two attached hydrogens (primary N) is 1. The van der Waals surface area contributed by atoms with E-state index >= 15 is 0 Å². The van der Waals surface area contributed by atoms with Crippen LogP contribution in [0.1, 0.15) is 18.4 Å². The van der Waals surface area contributed by atoms with E-state index in [1.807, 2.05) is 0 Å². The summed E-state index contributed by atoms with van der Waals surface area (Å²) in [5, 5.41) is 0. The van der Waals surface area contributed by atoms with Gasteiger partial charge in [0.25, 0.3) is 0 Å². The van der Waals surface area contributed by atoms with Crippen molar-refractivity contribution >= 4 is 0 Å². The third-order valence-electron chi connectivity index (χ3n) is 3.08. The first-order chi connectivity index (χ1) is 7.65. The van der Waals surface area contributed by atoms with Crippen LogP contribution in [-0.2, 0) is 11.2 Å². The molecule has 2 N–H and O–H groups in total. The van der Waals surface area contributed by atoms with Crippen LogP contribution in [0.15, 0.2) is 18.2 Å². The SMILES string of the molecule is NCC1(Cc2ccc(F)cc2F)CCCO1. The summed E-state index contributed by atoms with van der Waals surface area (Å²) in [4.78, 5) is 0. The van der Waals surface area contributed by atoms with Gasteiger partial charge in [-0.15, -0.1) is 0 Å². The number of rotatable bonds is 3. The van der Waals surface area contributed by atoms with E-state index in [-0.39, 0.29) is 0 Å². The second-order valence-electron chi connectivity index (χ2n) is 4.25. The lowest BCUT2D eigenvalue weighted by molar-refractivity contribution is 0.0116. The van der Waals surface area contributed by atoms with E-state index in [0.29, 0.717) is 25.1 Å². The number of halogens is 2. The maximum absolute atomic E-state index is 13.5. The van der Waals surface area contributed by atoms with Crippen molar-refractivity contribution in [2.24, 2.45) is 5.73 Å². The van der Waals surface area contributed by atoms with Crippen LogP contribution in [0.3, 0.4) is 0 Å². The summed E-state index contributed by atoms with van der Waals surface area (Å²) >= 11 is 0. The molecular weight excluding hydrogens is 212 g/mol. The summed E-state index contributed by atoms with van der Waals surface area (Å²) < 4.78 is 31.8. The average molecular weight is 227 g/mol. The van der Waals surface area contributed by atoms with Crippen molar-refractivity contribution in [2.45, 2.75) is 24.9 Å². The minimum absolute atomic E-state index is 0.365. The molecule has 0 amide bonds. The fourth-order valence-corrected chi connectivity index (χ4v) is 2.14. The van der Waals surface area contributed by atoms with E-state index < -0.39 is 17.2 Å². The van der Waals surface area contributed by atoms with Gasteiger partial charge < -0.3 is 10.5 Å². The third kappa shape index (κ3) is 2.23. The highest BCUT2D eigenvalue weighted by Gasteiger charge is 2.34. The monoisotopic (exact) mass is 227 g/mol. The summed E-state index contributed by atoms with van der Waals surface area (Å²) in [6.45, 7) is 1.03. The van der Waals surface area contributed by atoms with Gasteiger partial charge in [-0.05, 0) is 24.5 Å². The van der Waals surface area contributed by atoms with Gasteiger partial charge in [-0.25, -0.2) is 8.78 Å². The fourth-order valence-electron chi connectivity index (χ4n) is 2.14. The maximum Gasteiger partial charge on any atom is 0.129 e. The van der Waals surface area contributed by atoms with E-state index in [0.717, 1.165) is 18.9 Å². The first-order valence-corrected chi connectivity index (χ1v) is 5.43. The van der Waals surface area contributed by atoms with Crippen LogP contribution < -0.4 is 5.73 Å². The smallest absolute Gasteiger partial charge is 0.129 e. The molecule has 1 unspecified atom stereocenters. The van der Waals surface area contributed by atoms with Crippen molar-refractivity contribution in [3.05, 3.63) is 35.4 Å². The van der Waals surface area contributed by atoms with Crippen molar-refractivity contribution in [1.82, 2.24) is 0 Å². The summed E-state index contributed by atoms with van der Waals surface area (Å²) in [6.07, 6.45) is 2.19. The van der Waals surface area contributed by atoms with E-state index in [9.17, 15) is 8.78 Å². The second kappa shape index (κ2) is 4.47. The number of hydrogen-bond donors (Lipinski definition) is 1. The molecule has 88 valence electrons. The van der Waals surface area contributed by atoms with Gasteiger partial charge in [0.2, 0.25) is 0 Å². The highest BCUT2D eigenvalue weighted by atomic mass is 19.1. The Labute approximate surface area is 93.4 Å². The molecule has 1 fully saturated rings. The van der Waals surface area contributed by atoms with Gasteiger partial charge >= 0.3 is 0 Å². The molecule has 1 aromatic carbocycles. The Morgan fingerprint density at radius 1 is 1.38 bits per heavy atom. The average Bonchev–Trinajstić information content (AvgIpc) is 2.72. The normalized spacial score (nSPS) is 24.9. The molecule has 0 spiro atoms. The Hall–Kier alpha value is -1.00. The van der Waals surface area contributed by atoms with Gasteiger partial charge in [-0.3, -0.25) is 0 Å².